The van der Waals surface area contributed by atoms with Crippen molar-refractivity contribution in [1.82, 2.24) is 4.98 Å². The molecule has 1 aromatic heterocycles. The zero-order chi connectivity index (χ0) is 11.1. The topological polar surface area (TPSA) is 12.9 Å². The molecular weight excluding hydrogens is 250 g/mol. The van der Waals surface area contributed by atoms with E-state index in [1.807, 2.05) is 6.20 Å². The van der Waals surface area contributed by atoms with Crippen molar-refractivity contribution in [2.75, 3.05) is 0 Å². The van der Waals surface area contributed by atoms with Gasteiger partial charge in [-0.3, -0.25) is 0 Å². The number of nitrogens with zero attached hydrogens (tertiary/aromatic N) is 1. The molecule has 0 atom stereocenters. The molecule has 0 saturated carbocycles. The van der Waals surface area contributed by atoms with Gasteiger partial charge in [-0.2, -0.15) is 0 Å². The third-order valence-electron chi connectivity index (χ3n) is 2.58. The van der Waals surface area contributed by atoms with E-state index in [0.29, 0.717) is 0 Å². The Labute approximate surface area is 98.7 Å². The van der Waals surface area contributed by atoms with Crippen molar-refractivity contribution in [2.24, 2.45) is 0 Å². The van der Waals surface area contributed by atoms with Crippen LogP contribution in [0.3, 0.4) is 0 Å². The van der Waals surface area contributed by atoms with Crippen LogP contribution in [0.15, 0.2) is 35.1 Å². The average Bonchev–Trinajstić information content (AvgIpc) is 2.16. The summed E-state index contributed by atoms with van der Waals surface area (Å²) >= 11 is 3.46. The molecule has 0 aliphatic heterocycles. The van der Waals surface area contributed by atoms with Crippen LogP contribution in [0, 0.1) is 0 Å². The molecular formula is C13H14BrN. The molecule has 0 fully saturated rings. The van der Waals surface area contributed by atoms with E-state index < -0.39 is 0 Å². The maximum absolute atomic E-state index is 4.22. The lowest BCUT2D eigenvalue weighted by Gasteiger charge is -2.19. The predicted octanol–water partition coefficient (Wildman–Crippen LogP) is 4.29. The van der Waals surface area contributed by atoms with Crippen LogP contribution in [-0.4, -0.2) is 4.98 Å². The normalized spacial score (nSPS) is 12.0. The van der Waals surface area contributed by atoms with Gasteiger partial charge in [0, 0.05) is 11.6 Å². The second-order valence-electron chi connectivity index (χ2n) is 4.79. The van der Waals surface area contributed by atoms with E-state index in [2.05, 4.69) is 66.0 Å². The highest BCUT2D eigenvalue weighted by molar-refractivity contribution is 9.10. The second-order valence-corrected chi connectivity index (χ2v) is 5.54. The van der Waals surface area contributed by atoms with Gasteiger partial charge >= 0.3 is 0 Å². The van der Waals surface area contributed by atoms with Crippen LogP contribution in [0.25, 0.3) is 10.8 Å². The third kappa shape index (κ3) is 2.05. The molecule has 15 heavy (non-hydrogen) atoms. The lowest BCUT2D eigenvalue weighted by Crippen LogP contribution is -2.10. The molecule has 0 spiro atoms. The standard InChI is InChI=1S/C13H14BrN/c1-13(2,3)10-4-5-11-9(8-10)6-7-15-12(11)14/h4-8H,1-3H3. The summed E-state index contributed by atoms with van der Waals surface area (Å²) in [6, 6.07) is 8.60. The molecule has 2 rings (SSSR count). The van der Waals surface area contributed by atoms with Gasteiger partial charge in [0.15, 0.2) is 0 Å². The van der Waals surface area contributed by atoms with Gasteiger partial charge in [0.1, 0.15) is 4.60 Å². The monoisotopic (exact) mass is 263 g/mol. The van der Waals surface area contributed by atoms with E-state index >= 15 is 0 Å². The molecule has 0 saturated heterocycles. The first-order valence-corrected chi connectivity index (χ1v) is 5.82. The van der Waals surface area contributed by atoms with Crippen LogP contribution >= 0.6 is 15.9 Å². The molecule has 2 heteroatoms. The molecule has 2 aromatic rings. The van der Waals surface area contributed by atoms with Gasteiger partial charge in [-0.25, -0.2) is 4.98 Å². The number of pyridine rings is 1. The fourth-order valence-electron chi connectivity index (χ4n) is 1.61. The molecule has 0 amide bonds. The van der Waals surface area contributed by atoms with Crippen molar-refractivity contribution >= 4 is 26.7 Å². The summed E-state index contributed by atoms with van der Waals surface area (Å²) in [6.45, 7) is 6.68. The summed E-state index contributed by atoms with van der Waals surface area (Å²) in [7, 11) is 0. The number of benzene rings is 1. The highest BCUT2D eigenvalue weighted by Gasteiger charge is 2.13. The number of fused-ring (bicyclic) bond motifs is 1. The fraction of sp³-hybridized carbons (Fsp3) is 0.308. The minimum atomic E-state index is 0.198. The Hall–Kier alpha value is -0.890. The highest BCUT2D eigenvalue weighted by atomic mass is 79.9. The van der Waals surface area contributed by atoms with E-state index in [0.717, 1.165) is 4.60 Å². The number of hydrogen-bond acceptors (Lipinski definition) is 1. The minimum absolute atomic E-state index is 0.198. The van der Waals surface area contributed by atoms with Crippen LogP contribution in [0.1, 0.15) is 26.3 Å². The van der Waals surface area contributed by atoms with Crippen LogP contribution in [-0.2, 0) is 5.41 Å². The number of halogens is 1. The Morgan fingerprint density at radius 1 is 1.13 bits per heavy atom. The van der Waals surface area contributed by atoms with Gasteiger partial charge in [0.25, 0.3) is 0 Å². The largest absolute Gasteiger partial charge is 0.249 e. The smallest absolute Gasteiger partial charge is 0.113 e. The number of aromatic nitrogens is 1. The van der Waals surface area contributed by atoms with E-state index in [-0.39, 0.29) is 5.41 Å². The van der Waals surface area contributed by atoms with Crippen LogP contribution in [0.5, 0.6) is 0 Å². The van der Waals surface area contributed by atoms with E-state index in [1.54, 1.807) is 0 Å². The van der Waals surface area contributed by atoms with E-state index in [4.69, 9.17) is 0 Å². The summed E-state index contributed by atoms with van der Waals surface area (Å²) in [5, 5.41) is 2.41. The van der Waals surface area contributed by atoms with Crippen molar-refractivity contribution in [3.63, 3.8) is 0 Å². The maximum Gasteiger partial charge on any atom is 0.113 e. The summed E-state index contributed by atoms with van der Waals surface area (Å²) in [4.78, 5) is 4.22. The van der Waals surface area contributed by atoms with Crippen LogP contribution in [0.4, 0.5) is 0 Å². The van der Waals surface area contributed by atoms with Crippen molar-refractivity contribution in [3.8, 4) is 0 Å². The van der Waals surface area contributed by atoms with Gasteiger partial charge < -0.3 is 0 Å². The average molecular weight is 264 g/mol. The van der Waals surface area contributed by atoms with Gasteiger partial charge in [-0.1, -0.05) is 39.0 Å². The van der Waals surface area contributed by atoms with Gasteiger partial charge in [0.2, 0.25) is 0 Å². The Morgan fingerprint density at radius 3 is 2.53 bits per heavy atom. The molecule has 0 aliphatic rings. The van der Waals surface area contributed by atoms with Gasteiger partial charge in [-0.15, -0.1) is 0 Å². The van der Waals surface area contributed by atoms with E-state index in [1.165, 1.54) is 16.3 Å². The Kier molecular flexibility index (Phi) is 2.55. The first-order valence-electron chi connectivity index (χ1n) is 5.03. The Morgan fingerprint density at radius 2 is 1.87 bits per heavy atom. The summed E-state index contributed by atoms with van der Waals surface area (Å²) in [5.74, 6) is 0. The molecule has 1 heterocycles. The highest BCUT2D eigenvalue weighted by Crippen LogP contribution is 2.28. The molecule has 1 nitrogen and oxygen atoms in total. The Balaban J connectivity index is 2.68. The fourth-order valence-corrected chi connectivity index (χ4v) is 2.09. The summed E-state index contributed by atoms with van der Waals surface area (Å²) < 4.78 is 0.917. The SMILES string of the molecule is CC(C)(C)c1ccc2c(Br)nccc2c1. The second kappa shape index (κ2) is 3.60. The van der Waals surface area contributed by atoms with Crippen LogP contribution < -0.4 is 0 Å². The molecule has 0 N–H and O–H groups in total. The molecule has 0 unspecified atom stereocenters. The van der Waals surface area contributed by atoms with Crippen molar-refractivity contribution < 1.29 is 0 Å². The van der Waals surface area contributed by atoms with Crippen molar-refractivity contribution in [1.29, 1.82) is 0 Å². The summed E-state index contributed by atoms with van der Waals surface area (Å²) in [6.07, 6.45) is 1.83. The minimum Gasteiger partial charge on any atom is -0.249 e. The van der Waals surface area contributed by atoms with Crippen molar-refractivity contribution in [2.45, 2.75) is 26.2 Å². The van der Waals surface area contributed by atoms with Crippen molar-refractivity contribution in [3.05, 3.63) is 40.6 Å². The predicted molar refractivity (Wildman–Crippen MR) is 68.1 cm³/mol. The zero-order valence-electron chi connectivity index (χ0n) is 9.21. The molecule has 78 valence electrons. The van der Waals surface area contributed by atoms with Crippen LogP contribution in [0.2, 0.25) is 0 Å². The zero-order valence-corrected chi connectivity index (χ0v) is 10.8. The molecule has 0 radical (unpaired) electrons. The molecule has 0 bridgehead atoms. The number of hydrogen-bond donors (Lipinski definition) is 0. The Bertz CT molecular complexity index is 497. The third-order valence-corrected chi connectivity index (χ3v) is 3.21. The lowest BCUT2D eigenvalue weighted by atomic mass is 9.86. The first-order chi connectivity index (χ1) is 6.98. The van der Waals surface area contributed by atoms with Gasteiger partial charge in [-0.05, 0) is 38.4 Å². The lowest BCUT2D eigenvalue weighted by molar-refractivity contribution is 0.591. The van der Waals surface area contributed by atoms with Gasteiger partial charge in [0.05, 0.1) is 0 Å². The van der Waals surface area contributed by atoms with E-state index in [9.17, 15) is 0 Å². The number of rotatable bonds is 0. The quantitative estimate of drug-likeness (QED) is 0.646. The first kappa shape index (κ1) is 10.6. The molecule has 0 aliphatic carbocycles. The maximum atomic E-state index is 4.22. The summed E-state index contributed by atoms with van der Waals surface area (Å²) in [5.41, 5.74) is 1.55. The molecule has 1 aromatic carbocycles.